The first-order valence-corrected chi connectivity index (χ1v) is 10.3. The van der Waals surface area contributed by atoms with E-state index in [0.29, 0.717) is 42.9 Å². The van der Waals surface area contributed by atoms with Crippen molar-refractivity contribution in [1.29, 1.82) is 0 Å². The summed E-state index contributed by atoms with van der Waals surface area (Å²) < 4.78 is 18.6. The second-order valence-corrected chi connectivity index (χ2v) is 7.44. The summed E-state index contributed by atoms with van der Waals surface area (Å²) in [5.41, 5.74) is 0.801. The van der Waals surface area contributed by atoms with Gasteiger partial charge in [-0.15, -0.1) is 0 Å². The van der Waals surface area contributed by atoms with Crippen molar-refractivity contribution in [2.45, 2.75) is 32.1 Å². The van der Waals surface area contributed by atoms with Gasteiger partial charge in [0.25, 0.3) is 11.8 Å². The zero-order chi connectivity index (χ0) is 21.8. The maximum atomic E-state index is 12.9. The molecule has 32 heavy (non-hydrogen) atoms. The van der Waals surface area contributed by atoms with E-state index in [1.54, 1.807) is 52.6 Å². The van der Waals surface area contributed by atoms with E-state index in [1.807, 2.05) is 0 Å². The van der Waals surface area contributed by atoms with Gasteiger partial charge in [-0.1, -0.05) is 5.16 Å². The largest absolute Gasteiger partial charge is 0.454 e. The fourth-order valence-electron chi connectivity index (χ4n) is 3.58. The molecule has 0 radical (unpaired) electrons. The number of amides is 1. The lowest BCUT2D eigenvalue weighted by Gasteiger charge is -2.31. The Balaban J connectivity index is 1.16. The highest BCUT2D eigenvalue weighted by molar-refractivity contribution is 5.91. The minimum Gasteiger partial charge on any atom is -0.454 e. The number of aromatic nitrogens is 6. The standard InChI is InChI=1S/C21H21N7O4/c29-21(18-4-3-17(31-18)11-28-14-23-13-24-28)27-9-1-2-16(10-27)30-12-19-25-20(32-26-19)15-5-7-22-8-6-15/h3-8,13-14,16H,1-2,9-12H2. The van der Waals surface area contributed by atoms with E-state index in [9.17, 15) is 4.79 Å². The lowest BCUT2D eigenvalue weighted by atomic mass is 10.1. The average molecular weight is 435 g/mol. The minimum absolute atomic E-state index is 0.111. The Kier molecular flexibility index (Phi) is 5.71. The smallest absolute Gasteiger partial charge is 0.289 e. The summed E-state index contributed by atoms with van der Waals surface area (Å²) in [6.45, 7) is 1.77. The molecule has 0 aliphatic carbocycles. The number of piperidine rings is 1. The van der Waals surface area contributed by atoms with Gasteiger partial charge in [-0.2, -0.15) is 10.1 Å². The Morgan fingerprint density at radius 3 is 2.94 bits per heavy atom. The molecule has 1 unspecified atom stereocenters. The van der Waals surface area contributed by atoms with Crippen molar-refractivity contribution in [3.63, 3.8) is 0 Å². The number of carbonyl (C=O) groups is 1. The Morgan fingerprint density at radius 2 is 2.09 bits per heavy atom. The molecule has 1 amide bonds. The summed E-state index contributed by atoms with van der Waals surface area (Å²) in [7, 11) is 0. The first kappa shape index (κ1) is 20.1. The van der Waals surface area contributed by atoms with Crippen LogP contribution in [0.5, 0.6) is 0 Å². The van der Waals surface area contributed by atoms with Gasteiger partial charge in [-0.05, 0) is 37.1 Å². The maximum Gasteiger partial charge on any atom is 0.289 e. The first-order valence-electron chi connectivity index (χ1n) is 10.3. The monoisotopic (exact) mass is 435 g/mol. The van der Waals surface area contributed by atoms with Gasteiger partial charge in [0.1, 0.15) is 31.6 Å². The fourth-order valence-corrected chi connectivity index (χ4v) is 3.58. The molecule has 0 saturated carbocycles. The molecule has 4 aromatic heterocycles. The maximum absolute atomic E-state index is 12.9. The summed E-state index contributed by atoms with van der Waals surface area (Å²) >= 11 is 0. The van der Waals surface area contributed by atoms with Crippen LogP contribution in [-0.2, 0) is 17.9 Å². The molecule has 1 saturated heterocycles. The normalized spacial score (nSPS) is 16.4. The first-order chi connectivity index (χ1) is 15.7. The second-order valence-electron chi connectivity index (χ2n) is 7.44. The van der Waals surface area contributed by atoms with Crippen LogP contribution in [0.2, 0.25) is 0 Å². The molecular formula is C21H21N7O4. The third-order valence-electron chi connectivity index (χ3n) is 5.17. The number of pyridine rings is 1. The van der Waals surface area contributed by atoms with Gasteiger partial charge >= 0.3 is 0 Å². The van der Waals surface area contributed by atoms with Crippen molar-refractivity contribution in [3.05, 3.63) is 66.7 Å². The van der Waals surface area contributed by atoms with Crippen LogP contribution in [0.25, 0.3) is 11.5 Å². The van der Waals surface area contributed by atoms with E-state index in [4.69, 9.17) is 13.7 Å². The molecule has 1 atom stereocenters. The van der Waals surface area contributed by atoms with Crippen LogP contribution >= 0.6 is 0 Å². The van der Waals surface area contributed by atoms with E-state index in [1.165, 1.54) is 6.33 Å². The highest BCUT2D eigenvalue weighted by Crippen LogP contribution is 2.20. The number of hydrogen-bond donors (Lipinski definition) is 0. The van der Waals surface area contributed by atoms with E-state index in [-0.39, 0.29) is 18.6 Å². The van der Waals surface area contributed by atoms with Crippen molar-refractivity contribution < 1.29 is 18.5 Å². The molecule has 0 spiro atoms. The Labute approximate surface area is 183 Å². The van der Waals surface area contributed by atoms with Gasteiger partial charge in [-0.3, -0.25) is 9.78 Å². The van der Waals surface area contributed by atoms with Crippen LogP contribution in [0.4, 0.5) is 0 Å². The summed E-state index contributed by atoms with van der Waals surface area (Å²) in [5.74, 6) is 1.68. The van der Waals surface area contributed by atoms with Gasteiger partial charge < -0.3 is 18.6 Å². The Hall–Kier alpha value is -3.86. The van der Waals surface area contributed by atoms with Crippen LogP contribution in [0.15, 0.2) is 58.3 Å². The minimum atomic E-state index is -0.150. The number of furan rings is 1. The molecule has 5 rings (SSSR count). The number of rotatable bonds is 7. The number of carbonyl (C=O) groups excluding carboxylic acids is 1. The highest BCUT2D eigenvalue weighted by atomic mass is 16.5. The Morgan fingerprint density at radius 1 is 1.19 bits per heavy atom. The van der Waals surface area contributed by atoms with E-state index >= 15 is 0 Å². The summed E-state index contributed by atoms with van der Waals surface area (Å²) in [6.07, 6.45) is 7.98. The second kappa shape index (κ2) is 9.10. The van der Waals surface area contributed by atoms with Gasteiger partial charge in [0.2, 0.25) is 0 Å². The average Bonchev–Trinajstić information content (AvgIpc) is 3.61. The zero-order valence-electron chi connectivity index (χ0n) is 17.2. The molecule has 5 heterocycles. The highest BCUT2D eigenvalue weighted by Gasteiger charge is 2.27. The van der Waals surface area contributed by atoms with Crippen LogP contribution in [0.3, 0.4) is 0 Å². The van der Waals surface area contributed by atoms with Crippen LogP contribution < -0.4 is 0 Å². The van der Waals surface area contributed by atoms with Gasteiger partial charge in [0, 0.05) is 31.0 Å². The van der Waals surface area contributed by atoms with Crippen molar-refractivity contribution in [2.24, 2.45) is 0 Å². The molecule has 0 aromatic carbocycles. The lowest BCUT2D eigenvalue weighted by Crippen LogP contribution is -2.43. The van der Waals surface area contributed by atoms with E-state index in [0.717, 1.165) is 18.4 Å². The van der Waals surface area contributed by atoms with Crippen LogP contribution in [0.1, 0.15) is 35.0 Å². The number of hydrogen-bond acceptors (Lipinski definition) is 9. The SMILES string of the molecule is O=C(c1ccc(Cn2cncn2)o1)N1CCCC(OCc2noc(-c3ccncc3)n2)C1. The van der Waals surface area contributed by atoms with Gasteiger partial charge in [0.05, 0.1) is 6.10 Å². The number of ether oxygens (including phenoxy) is 1. The molecule has 1 aliphatic heterocycles. The molecule has 0 N–H and O–H groups in total. The Bertz CT molecular complexity index is 1160. The van der Waals surface area contributed by atoms with Crippen LogP contribution in [0, 0.1) is 0 Å². The fraction of sp³-hybridized carbons (Fsp3) is 0.333. The zero-order valence-corrected chi connectivity index (χ0v) is 17.2. The van der Waals surface area contributed by atoms with E-state index in [2.05, 4.69) is 25.2 Å². The molecule has 0 bridgehead atoms. The quantitative estimate of drug-likeness (QED) is 0.429. The molecule has 11 heteroatoms. The predicted molar refractivity (Wildman–Crippen MR) is 109 cm³/mol. The molecule has 1 aliphatic rings. The lowest BCUT2D eigenvalue weighted by molar-refractivity contribution is -0.0104. The summed E-state index contributed by atoms with van der Waals surface area (Å²) in [5, 5.41) is 8.02. The molecule has 1 fully saturated rings. The van der Waals surface area contributed by atoms with Crippen molar-refractivity contribution >= 4 is 5.91 Å². The molecule has 4 aromatic rings. The summed E-state index contributed by atoms with van der Waals surface area (Å²) in [4.78, 5) is 26.9. The van der Waals surface area contributed by atoms with Crippen molar-refractivity contribution in [1.82, 2.24) is 34.8 Å². The number of likely N-dealkylation sites (tertiary alicyclic amines) is 1. The third kappa shape index (κ3) is 4.57. The van der Waals surface area contributed by atoms with E-state index < -0.39 is 0 Å². The molecular weight excluding hydrogens is 414 g/mol. The van der Waals surface area contributed by atoms with Crippen molar-refractivity contribution in [3.8, 4) is 11.5 Å². The van der Waals surface area contributed by atoms with Gasteiger partial charge in [0.15, 0.2) is 11.6 Å². The number of nitrogens with zero attached hydrogens (tertiary/aromatic N) is 7. The predicted octanol–water partition coefficient (Wildman–Crippen LogP) is 2.19. The topological polar surface area (TPSA) is 125 Å². The third-order valence-corrected chi connectivity index (χ3v) is 5.17. The van der Waals surface area contributed by atoms with Crippen molar-refractivity contribution in [2.75, 3.05) is 13.1 Å². The summed E-state index contributed by atoms with van der Waals surface area (Å²) in [6, 6.07) is 7.08. The van der Waals surface area contributed by atoms with Crippen LogP contribution in [-0.4, -0.2) is 59.9 Å². The van der Waals surface area contributed by atoms with Gasteiger partial charge in [-0.25, -0.2) is 9.67 Å². The molecule has 164 valence electrons. The molecule has 11 nitrogen and oxygen atoms in total.